The van der Waals surface area contributed by atoms with Crippen LogP contribution in [0.25, 0.3) is 0 Å². The number of hydrogen-bond acceptors (Lipinski definition) is 3. The summed E-state index contributed by atoms with van der Waals surface area (Å²) in [6.07, 6.45) is -3.76. The van der Waals surface area contributed by atoms with E-state index in [1.807, 2.05) is 0 Å². The second-order valence-electron chi connectivity index (χ2n) is 3.71. The Morgan fingerprint density at radius 2 is 2.05 bits per heavy atom. The highest BCUT2D eigenvalue weighted by atomic mass is 35.5. The molecule has 0 amide bonds. The van der Waals surface area contributed by atoms with Gasteiger partial charge in [0.25, 0.3) is 5.69 Å². The molecule has 0 fully saturated rings. The van der Waals surface area contributed by atoms with Gasteiger partial charge in [-0.25, -0.2) is 8.78 Å². The lowest BCUT2D eigenvalue weighted by Crippen LogP contribution is -2.38. The van der Waals surface area contributed by atoms with E-state index in [0.717, 1.165) is 6.07 Å². The molecule has 0 spiro atoms. The lowest BCUT2D eigenvalue weighted by Gasteiger charge is -2.15. The molecule has 0 aliphatic heterocycles. The van der Waals surface area contributed by atoms with Crippen molar-refractivity contribution in [2.75, 3.05) is 6.54 Å². The van der Waals surface area contributed by atoms with Gasteiger partial charge in [0.05, 0.1) is 11.5 Å². The number of benzene rings is 1. The number of nitrogens with one attached hydrogen (secondary N) is 1. The molecule has 0 aliphatic rings. The molecule has 0 radical (unpaired) electrons. The number of halogens is 5. The third-order valence-electron chi connectivity index (χ3n) is 2.22. The van der Waals surface area contributed by atoms with Crippen molar-refractivity contribution in [3.05, 3.63) is 38.9 Å². The SMILES string of the molecule is O=[N+]([O-])c1cc(CNCC(F)(F)C(F)F)ccc1Cl. The number of nitro groups is 1. The van der Waals surface area contributed by atoms with Crippen LogP contribution in [0.2, 0.25) is 5.02 Å². The molecule has 0 aliphatic carbocycles. The molecule has 106 valence electrons. The zero-order chi connectivity index (χ0) is 14.6. The van der Waals surface area contributed by atoms with Crippen molar-refractivity contribution in [3.63, 3.8) is 0 Å². The molecule has 9 heteroatoms. The number of hydrogen-bond donors (Lipinski definition) is 1. The lowest BCUT2D eigenvalue weighted by molar-refractivity contribution is -0.384. The van der Waals surface area contributed by atoms with Gasteiger partial charge in [-0.15, -0.1) is 0 Å². The zero-order valence-electron chi connectivity index (χ0n) is 9.38. The Labute approximate surface area is 110 Å². The summed E-state index contributed by atoms with van der Waals surface area (Å²) in [5.74, 6) is -4.14. The van der Waals surface area contributed by atoms with Gasteiger partial charge in [0.15, 0.2) is 0 Å². The number of nitro benzene ring substituents is 1. The topological polar surface area (TPSA) is 55.2 Å². The van der Waals surface area contributed by atoms with Crippen molar-refractivity contribution >= 4 is 17.3 Å². The maximum Gasteiger partial charge on any atom is 0.319 e. The van der Waals surface area contributed by atoms with Crippen molar-refractivity contribution in [3.8, 4) is 0 Å². The quantitative estimate of drug-likeness (QED) is 0.498. The Balaban J connectivity index is 2.64. The van der Waals surface area contributed by atoms with E-state index in [4.69, 9.17) is 11.6 Å². The van der Waals surface area contributed by atoms with E-state index >= 15 is 0 Å². The first-order valence-electron chi connectivity index (χ1n) is 5.03. The van der Waals surface area contributed by atoms with Crippen molar-refractivity contribution in [2.24, 2.45) is 0 Å². The third-order valence-corrected chi connectivity index (χ3v) is 2.54. The highest BCUT2D eigenvalue weighted by molar-refractivity contribution is 6.32. The predicted molar refractivity (Wildman–Crippen MR) is 60.8 cm³/mol. The minimum Gasteiger partial charge on any atom is -0.307 e. The molecule has 1 N–H and O–H groups in total. The smallest absolute Gasteiger partial charge is 0.307 e. The first-order valence-corrected chi connectivity index (χ1v) is 5.41. The fourth-order valence-corrected chi connectivity index (χ4v) is 1.45. The van der Waals surface area contributed by atoms with Crippen LogP contribution in [0.15, 0.2) is 18.2 Å². The van der Waals surface area contributed by atoms with Gasteiger partial charge in [0.1, 0.15) is 5.02 Å². The molecule has 0 saturated heterocycles. The van der Waals surface area contributed by atoms with E-state index < -0.39 is 23.8 Å². The monoisotopic (exact) mass is 300 g/mol. The van der Waals surface area contributed by atoms with Gasteiger partial charge >= 0.3 is 12.3 Å². The van der Waals surface area contributed by atoms with Crippen LogP contribution in [0, 0.1) is 10.1 Å². The highest BCUT2D eigenvalue weighted by Crippen LogP contribution is 2.25. The van der Waals surface area contributed by atoms with Gasteiger partial charge in [0.2, 0.25) is 0 Å². The molecular weight excluding hydrogens is 292 g/mol. The fourth-order valence-electron chi connectivity index (χ4n) is 1.26. The average Bonchev–Trinajstić information content (AvgIpc) is 2.30. The van der Waals surface area contributed by atoms with Crippen LogP contribution < -0.4 is 5.32 Å². The van der Waals surface area contributed by atoms with Crippen molar-refractivity contribution in [1.82, 2.24) is 5.32 Å². The molecule has 0 unspecified atom stereocenters. The molecule has 4 nitrogen and oxygen atoms in total. The minimum atomic E-state index is -4.14. The van der Waals surface area contributed by atoms with Gasteiger partial charge in [0, 0.05) is 12.6 Å². The average molecular weight is 301 g/mol. The number of rotatable bonds is 6. The highest BCUT2D eigenvalue weighted by Gasteiger charge is 2.39. The standard InChI is InChI=1S/C10H9ClF4N2O2/c11-7-2-1-6(3-8(7)17(18)19)4-16-5-10(14,15)9(12)13/h1-3,9,16H,4-5H2. The molecular formula is C10H9ClF4N2O2. The van der Waals surface area contributed by atoms with Crippen LogP contribution in [-0.2, 0) is 6.54 Å². The van der Waals surface area contributed by atoms with Gasteiger partial charge in [-0.05, 0) is 11.6 Å². The van der Waals surface area contributed by atoms with Crippen molar-refractivity contribution < 1.29 is 22.5 Å². The Hall–Kier alpha value is -1.41. The normalized spacial score (nSPS) is 11.9. The van der Waals surface area contributed by atoms with Crippen LogP contribution in [0.1, 0.15) is 5.56 Å². The van der Waals surface area contributed by atoms with E-state index in [-0.39, 0.29) is 17.3 Å². The Kier molecular flexibility index (Phi) is 5.07. The number of alkyl halides is 4. The van der Waals surface area contributed by atoms with Crippen LogP contribution in [0.3, 0.4) is 0 Å². The van der Waals surface area contributed by atoms with Crippen LogP contribution in [-0.4, -0.2) is 23.8 Å². The molecule has 1 rings (SSSR count). The second kappa shape index (κ2) is 6.16. The summed E-state index contributed by atoms with van der Waals surface area (Å²) in [6, 6.07) is 3.71. The molecule has 19 heavy (non-hydrogen) atoms. The maximum atomic E-state index is 12.6. The maximum absolute atomic E-state index is 12.6. The first kappa shape index (κ1) is 15.6. The molecule has 0 heterocycles. The van der Waals surface area contributed by atoms with E-state index in [9.17, 15) is 27.7 Å². The second-order valence-corrected chi connectivity index (χ2v) is 4.12. The van der Waals surface area contributed by atoms with Crippen LogP contribution in [0.5, 0.6) is 0 Å². The van der Waals surface area contributed by atoms with E-state index in [1.54, 1.807) is 0 Å². The van der Waals surface area contributed by atoms with Crippen LogP contribution >= 0.6 is 11.6 Å². The summed E-state index contributed by atoms with van der Waals surface area (Å²) in [7, 11) is 0. The molecule has 0 aromatic heterocycles. The summed E-state index contributed by atoms with van der Waals surface area (Å²) < 4.78 is 48.9. The van der Waals surface area contributed by atoms with E-state index in [1.165, 1.54) is 12.1 Å². The van der Waals surface area contributed by atoms with Gasteiger partial charge < -0.3 is 5.32 Å². The van der Waals surface area contributed by atoms with Crippen molar-refractivity contribution in [1.29, 1.82) is 0 Å². The zero-order valence-corrected chi connectivity index (χ0v) is 10.1. The fraction of sp³-hybridized carbons (Fsp3) is 0.400. The Morgan fingerprint density at radius 1 is 1.42 bits per heavy atom. The van der Waals surface area contributed by atoms with Gasteiger partial charge in [-0.2, -0.15) is 8.78 Å². The predicted octanol–water partition coefficient (Wildman–Crippen LogP) is 3.24. The summed E-state index contributed by atoms with van der Waals surface area (Å²) in [5, 5.41) is 12.6. The summed E-state index contributed by atoms with van der Waals surface area (Å²) in [4.78, 5) is 9.86. The molecule has 1 aromatic rings. The Morgan fingerprint density at radius 3 is 2.58 bits per heavy atom. The third kappa shape index (κ3) is 4.32. The number of nitrogens with zero attached hydrogens (tertiary/aromatic N) is 1. The summed E-state index contributed by atoms with van der Waals surface area (Å²) in [6.45, 7) is -1.43. The summed E-state index contributed by atoms with van der Waals surface area (Å²) in [5.41, 5.74) is -0.0808. The Bertz CT molecular complexity index is 471. The van der Waals surface area contributed by atoms with E-state index in [0.29, 0.717) is 5.56 Å². The molecule has 0 bridgehead atoms. The minimum absolute atomic E-state index is 0.0911. The van der Waals surface area contributed by atoms with Gasteiger partial charge in [-0.1, -0.05) is 17.7 Å². The van der Waals surface area contributed by atoms with Crippen molar-refractivity contribution in [2.45, 2.75) is 18.9 Å². The largest absolute Gasteiger partial charge is 0.319 e. The van der Waals surface area contributed by atoms with E-state index in [2.05, 4.69) is 5.32 Å². The summed E-state index contributed by atoms with van der Waals surface area (Å²) >= 11 is 5.56. The molecule has 0 atom stereocenters. The molecule has 0 saturated carbocycles. The van der Waals surface area contributed by atoms with Gasteiger partial charge in [-0.3, -0.25) is 10.1 Å². The first-order chi connectivity index (χ1) is 8.74. The molecule has 1 aromatic carbocycles. The lowest BCUT2D eigenvalue weighted by atomic mass is 10.2. The van der Waals surface area contributed by atoms with Crippen LogP contribution in [0.4, 0.5) is 23.2 Å².